The monoisotopic (exact) mass is 358 g/mol. The van der Waals surface area contributed by atoms with Gasteiger partial charge in [-0.15, -0.1) is 11.3 Å². The molecule has 2 aromatic heterocycles. The van der Waals surface area contributed by atoms with Crippen LogP contribution in [0.4, 0.5) is 10.5 Å². The first-order valence-corrected chi connectivity index (χ1v) is 8.49. The standard InChI is InChI=1S/C18H18N2O4S/c1-23-14-6-2-5-13(11-14)20-17(21)19-12-18(22,15-7-3-9-24-15)16-8-4-10-25-16/h2-11,22H,12H2,1H3,(H2,19,20,21). The molecule has 6 nitrogen and oxygen atoms in total. The molecule has 25 heavy (non-hydrogen) atoms. The van der Waals surface area contributed by atoms with Crippen molar-refractivity contribution in [3.8, 4) is 5.75 Å². The Hall–Kier alpha value is -2.77. The van der Waals surface area contributed by atoms with Gasteiger partial charge in [-0.05, 0) is 35.7 Å². The van der Waals surface area contributed by atoms with Crippen LogP contribution in [0.25, 0.3) is 0 Å². The normalized spacial score (nSPS) is 13.0. The number of nitrogens with one attached hydrogen (secondary N) is 2. The van der Waals surface area contributed by atoms with Crippen LogP contribution in [0.3, 0.4) is 0 Å². The van der Waals surface area contributed by atoms with Gasteiger partial charge in [-0.1, -0.05) is 12.1 Å². The lowest BCUT2D eigenvalue weighted by Gasteiger charge is -2.25. The van der Waals surface area contributed by atoms with E-state index in [-0.39, 0.29) is 6.54 Å². The van der Waals surface area contributed by atoms with Gasteiger partial charge in [0, 0.05) is 16.6 Å². The minimum Gasteiger partial charge on any atom is -0.497 e. The lowest BCUT2D eigenvalue weighted by atomic mass is 9.99. The molecule has 3 aromatic rings. The maximum Gasteiger partial charge on any atom is 0.319 e. The van der Waals surface area contributed by atoms with E-state index in [1.165, 1.54) is 17.6 Å². The number of furan rings is 1. The molecule has 1 atom stereocenters. The van der Waals surface area contributed by atoms with Gasteiger partial charge < -0.3 is 24.9 Å². The van der Waals surface area contributed by atoms with Crippen LogP contribution < -0.4 is 15.4 Å². The molecule has 1 unspecified atom stereocenters. The number of carbonyl (C=O) groups excluding carboxylic acids is 1. The van der Waals surface area contributed by atoms with E-state index in [0.717, 1.165) is 0 Å². The number of carbonyl (C=O) groups is 1. The maximum absolute atomic E-state index is 12.2. The van der Waals surface area contributed by atoms with E-state index in [1.54, 1.807) is 49.6 Å². The van der Waals surface area contributed by atoms with Crippen LogP contribution in [0.1, 0.15) is 10.6 Å². The van der Waals surface area contributed by atoms with Gasteiger partial charge in [0.2, 0.25) is 0 Å². The van der Waals surface area contributed by atoms with Crippen molar-refractivity contribution in [3.05, 3.63) is 70.8 Å². The fourth-order valence-corrected chi connectivity index (χ4v) is 3.24. The van der Waals surface area contributed by atoms with Crippen molar-refractivity contribution >= 4 is 23.1 Å². The van der Waals surface area contributed by atoms with E-state index in [1.807, 2.05) is 11.4 Å². The zero-order valence-corrected chi connectivity index (χ0v) is 14.4. The quantitative estimate of drug-likeness (QED) is 0.630. The lowest BCUT2D eigenvalue weighted by Crippen LogP contribution is -2.42. The zero-order chi connectivity index (χ0) is 17.7. The summed E-state index contributed by atoms with van der Waals surface area (Å²) in [7, 11) is 1.56. The fourth-order valence-electron chi connectivity index (χ4n) is 2.41. The highest BCUT2D eigenvalue weighted by atomic mass is 32.1. The average molecular weight is 358 g/mol. The Balaban J connectivity index is 1.70. The lowest BCUT2D eigenvalue weighted by molar-refractivity contribution is 0.0628. The molecular formula is C18H18N2O4S. The van der Waals surface area contributed by atoms with Crippen molar-refractivity contribution in [2.75, 3.05) is 19.0 Å². The number of methoxy groups -OCH3 is 1. The van der Waals surface area contributed by atoms with Crippen molar-refractivity contribution in [2.24, 2.45) is 0 Å². The molecule has 0 spiro atoms. The Morgan fingerprint density at radius 1 is 1.28 bits per heavy atom. The number of hydrogen-bond donors (Lipinski definition) is 3. The maximum atomic E-state index is 12.2. The molecule has 7 heteroatoms. The van der Waals surface area contributed by atoms with Crippen LogP contribution >= 0.6 is 11.3 Å². The molecular weight excluding hydrogens is 340 g/mol. The first-order valence-electron chi connectivity index (χ1n) is 7.61. The first-order chi connectivity index (χ1) is 12.1. The number of rotatable bonds is 6. The summed E-state index contributed by atoms with van der Waals surface area (Å²) >= 11 is 1.39. The molecule has 0 fully saturated rings. The van der Waals surface area contributed by atoms with Gasteiger partial charge >= 0.3 is 6.03 Å². The Kier molecular flexibility index (Phi) is 5.06. The van der Waals surface area contributed by atoms with Gasteiger partial charge in [-0.2, -0.15) is 0 Å². The van der Waals surface area contributed by atoms with E-state index >= 15 is 0 Å². The smallest absolute Gasteiger partial charge is 0.319 e. The third-order valence-corrected chi connectivity index (χ3v) is 4.71. The van der Waals surface area contributed by atoms with E-state index in [2.05, 4.69) is 10.6 Å². The van der Waals surface area contributed by atoms with Gasteiger partial charge in [0.15, 0.2) is 5.60 Å². The Bertz CT molecular complexity index is 781. The molecule has 2 amide bonds. The van der Waals surface area contributed by atoms with Gasteiger partial charge in [-0.25, -0.2) is 4.79 Å². The van der Waals surface area contributed by atoms with Gasteiger partial charge in [-0.3, -0.25) is 0 Å². The summed E-state index contributed by atoms with van der Waals surface area (Å²) in [4.78, 5) is 12.9. The Morgan fingerprint density at radius 2 is 2.16 bits per heavy atom. The number of anilines is 1. The van der Waals surface area contributed by atoms with Crippen LogP contribution in [0, 0.1) is 0 Å². The second-order valence-electron chi connectivity index (χ2n) is 5.35. The molecule has 130 valence electrons. The van der Waals surface area contributed by atoms with Crippen molar-refractivity contribution in [1.82, 2.24) is 5.32 Å². The highest BCUT2D eigenvalue weighted by Crippen LogP contribution is 2.32. The van der Waals surface area contributed by atoms with E-state index in [4.69, 9.17) is 9.15 Å². The highest BCUT2D eigenvalue weighted by Gasteiger charge is 2.36. The molecule has 0 saturated heterocycles. The fraction of sp³-hybridized carbons (Fsp3) is 0.167. The highest BCUT2D eigenvalue weighted by molar-refractivity contribution is 7.10. The van der Waals surface area contributed by atoms with E-state index in [0.29, 0.717) is 22.1 Å². The van der Waals surface area contributed by atoms with Crippen molar-refractivity contribution in [2.45, 2.75) is 5.60 Å². The second-order valence-corrected chi connectivity index (χ2v) is 6.30. The van der Waals surface area contributed by atoms with Crippen LogP contribution in [-0.4, -0.2) is 24.8 Å². The SMILES string of the molecule is COc1cccc(NC(=O)NCC(O)(c2ccco2)c2cccs2)c1. The van der Waals surface area contributed by atoms with Gasteiger partial charge in [0.05, 0.1) is 19.9 Å². The number of ether oxygens (including phenoxy) is 1. The summed E-state index contributed by atoms with van der Waals surface area (Å²) in [6.07, 6.45) is 1.49. The largest absolute Gasteiger partial charge is 0.497 e. The minimum absolute atomic E-state index is 0.0309. The predicted octanol–water partition coefficient (Wildman–Crippen LogP) is 3.41. The summed E-state index contributed by atoms with van der Waals surface area (Å²) in [5, 5.41) is 18.3. The number of aliphatic hydroxyl groups is 1. The second kappa shape index (κ2) is 7.42. The van der Waals surface area contributed by atoms with Gasteiger partial charge in [0.25, 0.3) is 0 Å². The summed E-state index contributed by atoms with van der Waals surface area (Å²) in [5.41, 5.74) is -0.835. The molecule has 0 aliphatic rings. The molecule has 0 bridgehead atoms. The third-order valence-electron chi connectivity index (χ3n) is 3.69. The van der Waals surface area contributed by atoms with Crippen molar-refractivity contribution in [3.63, 3.8) is 0 Å². The Morgan fingerprint density at radius 3 is 2.84 bits per heavy atom. The molecule has 0 saturated carbocycles. The summed E-state index contributed by atoms with van der Waals surface area (Å²) in [6, 6.07) is 13.6. The van der Waals surface area contributed by atoms with E-state index < -0.39 is 11.6 Å². The minimum atomic E-state index is -1.43. The van der Waals surface area contributed by atoms with Crippen LogP contribution in [0.2, 0.25) is 0 Å². The van der Waals surface area contributed by atoms with Crippen molar-refractivity contribution in [1.29, 1.82) is 0 Å². The van der Waals surface area contributed by atoms with E-state index in [9.17, 15) is 9.90 Å². The summed E-state index contributed by atoms with van der Waals surface area (Å²) in [6.45, 7) is -0.0309. The first kappa shape index (κ1) is 17.1. The van der Waals surface area contributed by atoms with Crippen LogP contribution in [-0.2, 0) is 5.60 Å². The molecule has 1 aromatic carbocycles. The summed E-state index contributed by atoms with van der Waals surface area (Å²) in [5.74, 6) is 1.01. The van der Waals surface area contributed by atoms with Gasteiger partial charge in [0.1, 0.15) is 11.5 Å². The topological polar surface area (TPSA) is 83.7 Å². The molecule has 0 radical (unpaired) electrons. The molecule has 0 aliphatic heterocycles. The number of benzene rings is 1. The summed E-state index contributed by atoms with van der Waals surface area (Å²) < 4.78 is 10.5. The molecule has 3 rings (SSSR count). The molecule has 0 aliphatic carbocycles. The van der Waals surface area contributed by atoms with Crippen LogP contribution in [0.5, 0.6) is 5.75 Å². The predicted molar refractivity (Wildman–Crippen MR) is 96.0 cm³/mol. The average Bonchev–Trinajstić information content (AvgIpc) is 3.33. The number of urea groups is 1. The number of hydrogen-bond acceptors (Lipinski definition) is 5. The van der Waals surface area contributed by atoms with Crippen LogP contribution in [0.15, 0.2) is 64.6 Å². The Labute approximate surface area is 149 Å². The van der Waals surface area contributed by atoms with Crippen molar-refractivity contribution < 1.29 is 19.1 Å². The number of amides is 2. The third kappa shape index (κ3) is 3.84. The number of thiophene rings is 1. The molecule has 2 heterocycles. The molecule has 3 N–H and O–H groups in total. The zero-order valence-electron chi connectivity index (χ0n) is 13.6.